The van der Waals surface area contributed by atoms with Crippen molar-refractivity contribution in [3.05, 3.63) is 81.5 Å². The van der Waals surface area contributed by atoms with Crippen LogP contribution in [0.5, 0.6) is 5.75 Å². The van der Waals surface area contributed by atoms with Crippen molar-refractivity contribution >= 4 is 34.7 Å². The Kier molecular flexibility index (Phi) is 7.33. The van der Waals surface area contributed by atoms with Gasteiger partial charge in [-0.15, -0.1) is 11.8 Å². The normalized spacial score (nSPS) is 24.6. The van der Waals surface area contributed by atoms with Gasteiger partial charge in [0, 0.05) is 29.5 Å². The van der Waals surface area contributed by atoms with Crippen molar-refractivity contribution < 1.29 is 9.47 Å². The Morgan fingerprint density at radius 3 is 2.67 bits per heavy atom. The van der Waals surface area contributed by atoms with Crippen LogP contribution < -0.4 is 4.74 Å². The fourth-order valence-electron chi connectivity index (χ4n) is 5.14. The van der Waals surface area contributed by atoms with Crippen molar-refractivity contribution in [1.29, 1.82) is 0 Å². The number of piperidine rings is 1. The second-order valence-electron chi connectivity index (χ2n) is 8.92. The predicted molar refractivity (Wildman–Crippen MR) is 139 cm³/mol. The van der Waals surface area contributed by atoms with E-state index in [-0.39, 0.29) is 11.6 Å². The first-order valence-corrected chi connectivity index (χ1v) is 13.9. The Hall–Kier alpha value is -1.50. The van der Waals surface area contributed by atoms with Crippen LogP contribution >= 0.6 is 34.7 Å². The number of hydrogen-bond donors (Lipinski definition) is 0. The Labute approximate surface area is 210 Å². The summed E-state index contributed by atoms with van der Waals surface area (Å²) in [4.78, 5) is 3.72. The summed E-state index contributed by atoms with van der Waals surface area (Å²) in [5.74, 6) is 0.968. The number of nitrogens with zero attached hydrogens (tertiary/aromatic N) is 1. The van der Waals surface area contributed by atoms with Gasteiger partial charge in [-0.25, -0.2) is 0 Å². The lowest BCUT2D eigenvalue weighted by Gasteiger charge is -2.48. The van der Waals surface area contributed by atoms with Crippen LogP contribution in [0.4, 0.5) is 0 Å². The smallest absolute Gasteiger partial charge is 0.120 e. The summed E-state index contributed by atoms with van der Waals surface area (Å²) in [6.45, 7) is 2.57. The molecule has 3 nitrogen and oxygen atoms in total. The average molecular weight is 500 g/mol. The predicted octanol–water partition coefficient (Wildman–Crippen LogP) is 7.09. The van der Waals surface area contributed by atoms with Crippen LogP contribution in [0.3, 0.4) is 0 Å². The van der Waals surface area contributed by atoms with E-state index in [0.717, 1.165) is 56.2 Å². The van der Waals surface area contributed by atoms with E-state index >= 15 is 0 Å². The first-order valence-electron chi connectivity index (χ1n) is 11.7. The zero-order valence-corrected chi connectivity index (χ0v) is 21.3. The van der Waals surface area contributed by atoms with Gasteiger partial charge in [0.25, 0.3) is 0 Å². The van der Waals surface area contributed by atoms with Crippen LogP contribution in [0.25, 0.3) is 0 Å². The number of halogens is 1. The van der Waals surface area contributed by atoms with Crippen molar-refractivity contribution in [2.75, 3.05) is 26.8 Å². The second-order valence-corrected chi connectivity index (χ2v) is 11.4. The molecule has 0 spiro atoms. The lowest BCUT2D eigenvalue weighted by atomic mass is 9.76. The van der Waals surface area contributed by atoms with E-state index < -0.39 is 0 Å². The molecule has 0 bridgehead atoms. The number of thioether (sulfide) groups is 1. The van der Waals surface area contributed by atoms with Gasteiger partial charge in [0.1, 0.15) is 11.9 Å². The minimum absolute atomic E-state index is 0.146. The van der Waals surface area contributed by atoms with Gasteiger partial charge < -0.3 is 9.47 Å². The molecule has 0 N–H and O–H groups in total. The van der Waals surface area contributed by atoms with E-state index in [4.69, 9.17) is 21.1 Å². The van der Waals surface area contributed by atoms with E-state index in [1.165, 1.54) is 16.0 Å². The fourth-order valence-corrected chi connectivity index (χ4v) is 7.36. The molecule has 5 rings (SSSR count). The molecule has 3 aromatic rings. The number of hydrogen-bond acceptors (Lipinski definition) is 5. The maximum absolute atomic E-state index is 6.46. The standard InChI is InChI=1S/C27H30ClNO2S2/c1-29-18-24(33-26-8-3-2-7-25(26)28)9-13-27(29,21-12-16-32-19-21)20-5-4-6-23(17-20)31-22-10-14-30-15-11-22/h2-8,12,16-17,19,22,24H,9-11,13-15,18H2,1H3. The van der Waals surface area contributed by atoms with Crippen LogP contribution in [0, 0.1) is 0 Å². The molecule has 2 atom stereocenters. The topological polar surface area (TPSA) is 21.7 Å². The quantitative estimate of drug-likeness (QED) is 0.361. The molecular weight excluding hydrogens is 470 g/mol. The maximum atomic E-state index is 6.46. The number of ether oxygens (including phenoxy) is 2. The van der Waals surface area contributed by atoms with E-state index in [1.54, 1.807) is 11.3 Å². The zero-order chi connectivity index (χ0) is 22.7. The molecule has 2 aliphatic rings. The molecule has 0 radical (unpaired) electrons. The summed E-state index contributed by atoms with van der Waals surface area (Å²) in [7, 11) is 2.27. The molecule has 174 valence electrons. The van der Waals surface area contributed by atoms with Gasteiger partial charge in [-0.1, -0.05) is 35.9 Å². The lowest BCUT2D eigenvalue weighted by Crippen LogP contribution is -2.51. The molecule has 3 heterocycles. The van der Waals surface area contributed by atoms with Crippen molar-refractivity contribution in [1.82, 2.24) is 4.90 Å². The van der Waals surface area contributed by atoms with E-state index in [9.17, 15) is 0 Å². The number of thiophene rings is 1. The largest absolute Gasteiger partial charge is 0.490 e. The molecule has 0 aliphatic carbocycles. The third kappa shape index (κ3) is 4.98. The second kappa shape index (κ2) is 10.4. The highest BCUT2D eigenvalue weighted by atomic mass is 35.5. The summed E-state index contributed by atoms with van der Waals surface area (Å²) in [6, 6.07) is 19.2. The van der Waals surface area contributed by atoms with E-state index in [2.05, 4.69) is 65.2 Å². The van der Waals surface area contributed by atoms with Crippen molar-refractivity contribution in [2.24, 2.45) is 0 Å². The average Bonchev–Trinajstić information content (AvgIpc) is 3.37. The van der Waals surface area contributed by atoms with E-state index in [1.807, 2.05) is 23.9 Å². The third-order valence-electron chi connectivity index (χ3n) is 6.87. The van der Waals surface area contributed by atoms with Crippen LogP contribution in [-0.4, -0.2) is 43.1 Å². The summed E-state index contributed by atoms with van der Waals surface area (Å²) < 4.78 is 11.9. The van der Waals surface area contributed by atoms with Crippen LogP contribution in [-0.2, 0) is 10.3 Å². The van der Waals surface area contributed by atoms with Gasteiger partial charge in [-0.3, -0.25) is 4.90 Å². The molecule has 2 fully saturated rings. The molecular formula is C27H30ClNO2S2. The van der Waals surface area contributed by atoms with Gasteiger partial charge in [0.15, 0.2) is 0 Å². The van der Waals surface area contributed by atoms with Crippen LogP contribution in [0.15, 0.2) is 70.3 Å². The number of likely N-dealkylation sites (tertiary alicyclic amines) is 1. The third-order valence-corrected chi connectivity index (χ3v) is 9.32. The maximum Gasteiger partial charge on any atom is 0.120 e. The minimum atomic E-state index is -0.146. The summed E-state index contributed by atoms with van der Waals surface area (Å²) >= 11 is 10.1. The molecule has 2 unspecified atom stereocenters. The molecule has 33 heavy (non-hydrogen) atoms. The molecule has 2 aliphatic heterocycles. The Balaban J connectivity index is 1.40. The highest BCUT2D eigenvalue weighted by Crippen LogP contribution is 2.47. The summed E-state index contributed by atoms with van der Waals surface area (Å²) in [6.07, 6.45) is 4.35. The highest BCUT2D eigenvalue weighted by molar-refractivity contribution is 8.00. The van der Waals surface area contributed by atoms with Crippen LogP contribution in [0.2, 0.25) is 5.02 Å². The summed E-state index contributed by atoms with van der Waals surface area (Å²) in [5.41, 5.74) is 2.54. The first kappa shape index (κ1) is 23.3. The van der Waals surface area contributed by atoms with E-state index in [0.29, 0.717) is 5.25 Å². The summed E-state index contributed by atoms with van der Waals surface area (Å²) in [5, 5.41) is 5.85. The van der Waals surface area contributed by atoms with Crippen LogP contribution in [0.1, 0.15) is 36.8 Å². The highest BCUT2D eigenvalue weighted by Gasteiger charge is 2.43. The van der Waals surface area contributed by atoms with Gasteiger partial charge in [0.05, 0.1) is 23.8 Å². The molecule has 0 saturated carbocycles. The van der Waals surface area contributed by atoms with Gasteiger partial charge in [-0.05, 0) is 72.1 Å². The van der Waals surface area contributed by atoms with Crippen molar-refractivity contribution in [2.45, 2.75) is 47.5 Å². The Morgan fingerprint density at radius 2 is 1.91 bits per heavy atom. The van der Waals surface area contributed by atoms with Crippen molar-refractivity contribution in [3.8, 4) is 5.75 Å². The van der Waals surface area contributed by atoms with Gasteiger partial charge in [-0.2, -0.15) is 11.3 Å². The molecule has 2 saturated heterocycles. The fraction of sp³-hybridized carbons (Fsp3) is 0.407. The van der Waals surface area contributed by atoms with Gasteiger partial charge >= 0.3 is 0 Å². The number of rotatable bonds is 6. The molecule has 0 amide bonds. The number of benzene rings is 2. The Bertz CT molecular complexity index is 1050. The monoisotopic (exact) mass is 499 g/mol. The minimum Gasteiger partial charge on any atom is -0.490 e. The Morgan fingerprint density at radius 1 is 1.06 bits per heavy atom. The first-order chi connectivity index (χ1) is 16.1. The van der Waals surface area contributed by atoms with Gasteiger partial charge in [0.2, 0.25) is 0 Å². The SMILES string of the molecule is CN1CC(Sc2ccccc2Cl)CCC1(c1ccsc1)c1cccc(OC2CCOCC2)c1. The zero-order valence-electron chi connectivity index (χ0n) is 18.9. The molecule has 2 aromatic carbocycles. The lowest BCUT2D eigenvalue weighted by molar-refractivity contribution is 0.0254. The molecule has 6 heteroatoms. The van der Waals surface area contributed by atoms with Crippen molar-refractivity contribution in [3.63, 3.8) is 0 Å². The molecule has 1 aromatic heterocycles.